The molecule has 6 nitrogen and oxygen atoms in total. The van der Waals surface area contributed by atoms with E-state index in [1.54, 1.807) is 36.4 Å². The summed E-state index contributed by atoms with van der Waals surface area (Å²) < 4.78 is 14.9. The molecule has 0 aliphatic carbocycles. The molecule has 1 N–H and O–H groups in total. The molecule has 2 aromatic carbocycles. The van der Waals surface area contributed by atoms with Crippen LogP contribution in [0.4, 0.5) is 4.79 Å². The van der Waals surface area contributed by atoms with Gasteiger partial charge in [-0.25, -0.2) is 9.59 Å². The molecule has 0 aliphatic rings. The Hall–Kier alpha value is -1.73. The van der Waals surface area contributed by atoms with Crippen molar-refractivity contribution in [1.29, 1.82) is 0 Å². The van der Waals surface area contributed by atoms with E-state index in [1.807, 2.05) is 19.1 Å². The first-order valence-electron chi connectivity index (χ1n) is 8.53. The van der Waals surface area contributed by atoms with Gasteiger partial charge < -0.3 is 21.0 Å². The minimum absolute atomic E-state index is 0. The van der Waals surface area contributed by atoms with E-state index in [9.17, 15) is 9.59 Å². The molecule has 0 bridgehead atoms. The first kappa shape index (κ1) is 24.3. The van der Waals surface area contributed by atoms with Crippen LogP contribution in [0.2, 0.25) is 5.02 Å². The Morgan fingerprint density at radius 2 is 1.71 bits per heavy atom. The van der Waals surface area contributed by atoms with Crippen LogP contribution in [0.15, 0.2) is 48.5 Å². The quantitative estimate of drug-likeness (QED) is 0.404. The van der Waals surface area contributed by atoms with Crippen molar-refractivity contribution < 1.29 is 54.8 Å². The summed E-state index contributed by atoms with van der Waals surface area (Å²) in [6.45, 7) is 1.54. The minimum Gasteiger partial charge on any atom is -1.00 e. The van der Waals surface area contributed by atoms with Crippen LogP contribution in [0.3, 0.4) is 0 Å². The molecule has 0 spiro atoms. The Bertz CT molecular complexity index is 758. The fraction of sp³-hybridized carbons (Fsp3) is 0.300. The van der Waals surface area contributed by atoms with Gasteiger partial charge in [0.1, 0.15) is 5.75 Å². The number of carbonyl (C=O) groups is 2. The van der Waals surface area contributed by atoms with Gasteiger partial charge in [-0.1, -0.05) is 37.1 Å². The second-order valence-electron chi connectivity index (χ2n) is 5.75. The number of methoxy groups -OCH3 is 1. The third kappa shape index (κ3) is 7.72. The minimum atomic E-state index is -0.661. The number of benzene rings is 2. The van der Waals surface area contributed by atoms with Crippen LogP contribution in [-0.4, -0.2) is 26.0 Å². The van der Waals surface area contributed by atoms with Crippen molar-refractivity contribution in [2.45, 2.75) is 25.8 Å². The van der Waals surface area contributed by atoms with Crippen molar-refractivity contribution in [2.24, 2.45) is 0 Å². The van der Waals surface area contributed by atoms with Crippen LogP contribution in [0, 0.1) is 0 Å². The number of alkyl carbamates (subject to hydrolysis) is 1. The molecule has 0 aromatic heterocycles. The first-order chi connectivity index (χ1) is 13.0. The predicted octanol–water partition coefficient (Wildman–Crippen LogP) is 1.85. The molecule has 0 radical (unpaired) electrons. The van der Waals surface area contributed by atoms with Crippen LogP contribution in [0.1, 0.15) is 43.2 Å². The molecule has 0 saturated heterocycles. The van der Waals surface area contributed by atoms with Gasteiger partial charge in [-0.15, -0.1) is 0 Å². The molecule has 0 fully saturated rings. The zero-order valence-corrected chi connectivity index (χ0v) is 19.0. The summed E-state index contributed by atoms with van der Waals surface area (Å²) >= 11 is 5.90. The van der Waals surface area contributed by atoms with Gasteiger partial charge in [-0.3, -0.25) is 0 Å². The molecule has 1 atom stereocenters. The number of rotatable bonds is 8. The Kier molecular flexibility index (Phi) is 11.0. The number of carbonyl (C=O) groups excluding carboxylic acids is 2. The molecule has 1 unspecified atom stereocenters. The summed E-state index contributed by atoms with van der Waals surface area (Å²) in [5, 5.41) is 3.40. The topological polar surface area (TPSA) is 73.9 Å². The van der Waals surface area contributed by atoms with Gasteiger partial charge in [0.05, 0.1) is 18.7 Å². The largest absolute Gasteiger partial charge is 1.00 e. The monoisotopic (exact) mass is 415 g/mol. The average molecular weight is 416 g/mol. The van der Waals surface area contributed by atoms with Crippen LogP contribution >= 0.6 is 11.6 Å². The predicted molar refractivity (Wildman–Crippen MR) is 103 cm³/mol. The van der Waals surface area contributed by atoms with Gasteiger partial charge in [-0.05, 0) is 48.4 Å². The molecular weight excluding hydrogens is 393 g/mol. The number of hydrogen-bond donors (Lipinski definition) is 1. The molecule has 0 heterocycles. The standard InChI is InChI=1S/C20H22ClNO5.Na.H/c1-3-4-18(14-5-9-16(21)10-6-14)22-20(24)27-13-26-19(23)15-7-11-17(25-2)12-8-15;;/h5-12,18H,3-4,13H2,1-2H3,(H,22,24);;/q;+1;-1. The van der Waals surface area contributed by atoms with Crippen molar-refractivity contribution in [2.75, 3.05) is 13.9 Å². The number of ether oxygens (including phenoxy) is 3. The molecule has 8 heteroatoms. The number of amides is 1. The van der Waals surface area contributed by atoms with Crippen molar-refractivity contribution in [3.8, 4) is 5.75 Å². The summed E-state index contributed by atoms with van der Waals surface area (Å²) in [6.07, 6.45) is 0.952. The van der Waals surface area contributed by atoms with Crippen LogP contribution < -0.4 is 39.6 Å². The number of halogens is 1. The number of nitrogens with one attached hydrogen (secondary N) is 1. The second kappa shape index (κ2) is 12.7. The Morgan fingerprint density at radius 1 is 1.07 bits per heavy atom. The second-order valence-corrected chi connectivity index (χ2v) is 6.18. The van der Waals surface area contributed by atoms with Gasteiger partial charge in [0.15, 0.2) is 0 Å². The molecule has 2 rings (SSSR count). The summed E-state index contributed by atoms with van der Waals surface area (Å²) in [5.74, 6) is 0.0413. The van der Waals surface area contributed by atoms with Gasteiger partial charge in [-0.2, -0.15) is 0 Å². The van der Waals surface area contributed by atoms with E-state index in [2.05, 4.69) is 5.32 Å². The van der Waals surface area contributed by atoms with Gasteiger partial charge >= 0.3 is 41.6 Å². The summed E-state index contributed by atoms with van der Waals surface area (Å²) in [6, 6.07) is 13.5. The van der Waals surface area contributed by atoms with E-state index in [0.717, 1.165) is 18.4 Å². The van der Waals surface area contributed by atoms with Crippen molar-refractivity contribution >= 4 is 23.7 Å². The summed E-state index contributed by atoms with van der Waals surface area (Å²) in [4.78, 5) is 23.9. The maximum atomic E-state index is 12.0. The molecule has 1 amide bonds. The van der Waals surface area contributed by atoms with Crippen LogP contribution in [-0.2, 0) is 9.47 Å². The first-order valence-corrected chi connectivity index (χ1v) is 8.91. The average Bonchev–Trinajstić information content (AvgIpc) is 2.68. The number of hydrogen-bond acceptors (Lipinski definition) is 5. The molecule has 28 heavy (non-hydrogen) atoms. The van der Waals surface area contributed by atoms with Crippen LogP contribution in [0.5, 0.6) is 5.75 Å². The van der Waals surface area contributed by atoms with E-state index < -0.39 is 18.9 Å². The number of esters is 1. The zero-order valence-electron chi connectivity index (χ0n) is 17.2. The van der Waals surface area contributed by atoms with Gasteiger partial charge in [0.2, 0.25) is 6.79 Å². The SMILES string of the molecule is CCCC(NC(=O)OCOC(=O)c1ccc(OC)cc1)c1ccc(Cl)cc1.[H-].[Na+]. The zero-order chi connectivity index (χ0) is 19.6. The normalized spacial score (nSPS) is 11.0. The van der Waals surface area contributed by atoms with Crippen molar-refractivity contribution in [1.82, 2.24) is 5.32 Å². The van der Waals surface area contributed by atoms with E-state index in [1.165, 1.54) is 7.11 Å². The molecule has 2 aromatic rings. The molecule has 146 valence electrons. The van der Waals surface area contributed by atoms with E-state index in [4.69, 9.17) is 25.8 Å². The Balaban J connectivity index is 0.00000392. The fourth-order valence-corrected chi connectivity index (χ4v) is 2.56. The van der Waals surface area contributed by atoms with Crippen LogP contribution in [0.25, 0.3) is 0 Å². The molecular formula is C20H23ClNNaO5. The maximum Gasteiger partial charge on any atom is 1.00 e. The molecule has 0 saturated carbocycles. The van der Waals surface area contributed by atoms with E-state index in [-0.39, 0.29) is 37.0 Å². The third-order valence-electron chi connectivity index (χ3n) is 3.85. The van der Waals surface area contributed by atoms with E-state index in [0.29, 0.717) is 16.3 Å². The summed E-state index contributed by atoms with van der Waals surface area (Å²) in [5.41, 5.74) is 1.26. The van der Waals surface area contributed by atoms with Gasteiger partial charge in [0, 0.05) is 5.02 Å². The van der Waals surface area contributed by atoms with E-state index >= 15 is 0 Å². The summed E-state index contributed by atoms with van der Waals surface area (Å²) in [7, 11) is 1.54. The third-order valence-corrected chi connectivity index (χ3v) is 4.10. The fourth-order valence-electron chi connectivity index (χ4n) is 2.44. The van der Waals surface area contributed by atoms with Gasteiger partial charge in [0.25, 0.3) is 0 Å². The van der Waals surface area contributed by atoms with Crippen molar-refractivity contribution in [3.05, 3.63) is 64.7 Å². The molecule has 0 aliphatic heterocycles. The smallest absolute Gasteiger partial charge is 1.00 e. The Labute approximate surface area is 193 Å². The Morgan fingerprint density at radius 3 is 2.29 bits per heavy atom. The van der Waals surface area contributed by atoms with Crippen molar-refractivity contribution in [3.63, 3.8) is 0 Å². The maximum absolute atomic E-state index is 12.0.